The van der Waals surface area contributed by atoms with E-state index in [2.05, 4.69) is 16.0 Å². The summed E-state index contributed by atoms with van der Waals surface area (Å²) >= 11 is 0. The number of methoxy groups -OCH3 is 1. The number of hydrogen-bond donors (Lipinski definition) is 3. The van der Waals surface area contributed by atoms with Crippen molar-refractivity contribution in [1.82, 2.24) is 16.0 Å². The molecule has 0 heterocycles. The summed E-state index contributed by atoms with van der Waals surface area (Å²) in [5, 5.41) is 8.67. The van der Waals surface area contributed by atoms with Crippen LogP contribution in [0.1, 0.15) is 99.3 Å². The molecule has 0 aromatic carbocycles. The molecule has 9 nitrogen and oxygen atoms in total. The van der Waals surface area contributed by atoms with Crippen LogP contribution in [0.25, 0.3) is 0 Å². The van der Waals surface area contributed by atoms with Gasteiger partial charge in [0.1, 0.15) is 5.60 Å². The van der Waals surface area contributed by atoms with E-state index in [-0.39, 0.29) is 35.5 Å². The number of hydrogen-bond acceptors (Lipinski definition) is 6. The van der Waals surface area contributed by atoms with Gasteiger partial charge in [0.2, 0.25) is 11.8 Å². The summed E-state index contributed by atoms with van der Waals surface area (Å²) < 4.78 is 9.90. The first-order valence-corrected chi connectivity index (χ1v) is 13.5. The number of unbranched alkanes of at least 4 members (excludes halogenated alkanes) is 3. The summed E-state index contributed by atoms with van der Waals surface area (Å²) in [5.74, 6) is -0.351. The van der Waals surface area contributed by atoms with Crippen LogP contribution in [-0.4, -0.2) is 56.2 Å². The quantitative estimate of drug-likeness (QED) is 0.185. The molecule has 0 fully saturated rings. The van der Waals surface area contributed by atoms with E-state index in [1.54, 1.807) is 0 Å². The Balaban J connectivity index is 3.77. The number of carbonyl (C=O) groups is 4. The van der Waals surface area contributed by atoms with Gasteiger partial charge in [-0.1, -0.05) is 40.0 Å². The predicted molar refractivity (Wildman–Crippen MR) is 141 cm³/mol. The molecule has 0 aliphatic rings. The lowest BCUT2D eigenvalue weighted by molar-refractivity contribution is -0.145. The molecule has 0 rings (SSSR count). The van der Waals surface area contributed by atoms with Crippen LogP contribution in [0, 0.1) is 17.8 Å². The third kappa shape index (κ3) is 18.0. The molecule has 3 N–H and O–H groups in total. The maximum atomic E-state index is 12.3. The van der Waals surface area contributed by atoms with Crippen molar-refractivity contribution in [2.24, 2.45) is 17.8 Å². The van der Waals surface area contributed by atoms with Gasteiger partial charge in [-0.2, -0.15) is 0 Å². The summed E-state index contributed by atoms with van der Waals surface area (Å²) in [5.41, 5.74) is -0.505. The van der Waals surface area contributed by atoms with Crippen LogP contribution in [0.3, 0.4) is 0 Å². The lowest BCUT2D eigenvalue weighted by atomic mass is 10.0. The van der Waals surface area contributed by atoms with Crippen LogP contribution >= 0.6 is 0 Å². The fraction of sp³-hybridized carbons (Fsp3) is 0.852. The van der Waals surface area contributed by atoms with Crippen LogP contribution in [-0.2, 0) is 23.9 Å². The lowest BCUT2D eigenvalue weighted by Gasteiger charge is -2.19. The number of esters is 1. The summed E-state index contributed by atoms with van der Waals surface area (Å²) in [6, 6.07) is 0. The molecule has 0 spiro atoms. The van der Waals surface area contributed by atoms with Crippen LogP contribution in [0.15, 0.2) is 0 Å². The van der Waals surface area contributed by atoms with E-state index in [9.17, 15) is 19.2 Å². The highest BCUT2D eigenvalue weighted by molar-refractivity contribution is 5.78. The van der Waals surface area contributed by atoms with Gasteiger partial charge in [-0.15, -0.1) is 0 Å². The Morgan fingerprint density at radius 3 is 1.42 bits per heavy atom. The predicted octanol–water partition coefficient (Wildman–Crippen LogP) is 4.34. The molecule has 0 aromatic heterocycles. The SMILES string of the molecule is COC(=O)[C@@H](C)CCCCNC(=O)[C@@H](C)CCCCNC(=O)[C@@H](C)CCCCNC(=O)OC(C)(C)C. The largest absolute Gasteiger partial charge is 0.469 e. The molecule has 0 saturated heterocycles. The molecule has 0 bridgehead atoms. The fourth-order valence-electron chi connectivity index (χ4n) is 3.58. The zero-order chi connectivity index (χ0) is 27.6. The fourth-order valence-corrected chi connectivity index (χ4v) is 3.58. The first-order valence-electron chi connectivity index (χ1n) is 13.5. The first kappa shape index (κ1) is 33.7. The molecule has 0 aliphatic heterocycles. The smallest absolute Gasteiger partial charge is 0.407 e. The minimum absolute atomic E-state index is 0.0439. The van der Waals surface area contributed by atoms with Crippen LogP contribution in [0.2, 0.25) is 0 Å². The monoisotopic (exact) mass is 513 g/mol. The summed E-state index contributed by atoms with van der Waals surface area (Å²) in [6.45, 7) is 12.9. The molecule has 0 saturated carbocycles. The molecule has 0 aliphatic carbocycles. The van der Waals surface area contributed by atoms with Gasteiger partial charge >= 0.3 is 12.1 Å². The van der Waals surface area contributed by atoms with E-state index in [0.29, 0.717) is 19.6 Å². The van der Waals surface area contributed by atoms with Crippen LogP contribution < -0.4 is 16.0 Å². The van der Waals surface area contributed by atoms with E-state index in [4.69, 9.17) is 9.47 Å². The van der Waals surface area contributed by atoms with E-state index >= 15 is 0 Å². The van der Waals surface area contributed by atoms with Gasteiger partial charge in [0, 0.05) is 31.5 Å². The summed E-state index contributed by atoms with van der Waals surface area (Å²) in [7, 11) is 1.40. The molecule has 210 valence electrons. The Kier molecular flexibility index (Phi) is 17.7. The molecular weight excluding hydrogens is 462 g/mol. The highest BCUT2D eigenvalue weighted by Gasteiger charge is 2.17. The Hall–Kier alpha value is -2.32. The standard InChI is InChI=1S/C27H51N3O6/c1-20(23(31)29-18-12-10-16-22(3)25(33)35-7)14-8-11-17-28-24(32)21(2)15-9-13-19-30-26(34)36-27(4,5)6/h20-22H,8-19H2,1-7H3,(H,28,32)(H,29,31)(H,30,34)/t20-,21-,22-/m0/s1. The highest BCUT2D eigenvalue weighted by atomic mass is 16.6. The molecule has 0 aromatic rings. The van der Waals surface area contributed by atoms with Crippen molar-refractivity contribution in [2.75, 3.05) is 26.7 Å². The molecule has 0 unspecified atom stereocenters. The third-order valence-corrected chi connectivity index (χ3v) is 5.96. The molecule has 9 heteroatoms. The first-order chi connectivity index (χ1) is 16.9. The van der Waals surface area contributed by atoms with Crippen LogP contribution in [0.5, 0.6) is 0 Å². The van der Waals surface area contributed by atoms with E-state index in [1.807, 2.05) is 41.5 Å². The minimum Gasteiger partial charge on any atom is -0.469 e. The number of rotatable bonds is 18. The normalized spacial score (nSPS) is 13.8. The average Bonchev–Trinajstić information content (AvgIpc) is 2.80. The maximum absolute atomic E-state index is 12.3. The van der Waals surface area contributed by atoms with Gasteiger partial charge in [-0.05, 0) is 59.3 Å². The van der Waals surface area contributed by atoms with Crippen molar-refractivity contribution >= 4 is 23.9 Å². The zero-order valence-electron chi connectivity index (χ0n) is 23.7. The van der Waals surface area contributed by atoms with Gasteiger partial charge in [-0.3, -0.25) is 14.4 Å². The molecule has 3 atom stereocenters. The number of alkyl carbamates (subject to hydrolysis) is 1. The number of nitrogens with one attached hydrogen (secondary N) is 3. The zero-order valence-corrected chi connectivity index (χ0v) is 23.7. The van der Waals surface area contributed by atoms with Gasteiger partial charge < -0.3 is 25.4 Å². The second-order valence-corrected chi connectivity index (χ2v) is 10.7. The van der Waals surface area contributed by atoms with Crippen LogP contribution in [0.4, 0.5) is 4.79 Å². The number of amides is 3. The Morgan fingerprint density at radius 2 is 1.03 bits per heavy atom. The van der Waals surface area contributed by atoms with E-state index in [0.717, 1.165) is 57.8 Å². The molecule has 0 radical (unpaired) electrons. The van der Waals surface area contributed by atoms with Crippen molar-refractivity contribution in [1.29, 1.82) is 0 Å². The van der Waals surface area contributed by atoms with Crippen molar-refractivity contribution in [3.8, 4) is 0 Å². The summed E-state index contributed by atoms with van der Waals surface area (Å²) in [4.78, 5) is 47.4. The second kappa shape index (κ2) is 18.9. The van der Waals surface area contributed by atoms with Crippen molar-refractivity contribution in [3.63, 3.8) is 0 Å². The van der Waals surface area contributed by atoms with Gasteiger partial charge in [0.15, 0.2) is 0 Å². The van der Waals surface area contributed by atoms with Gasteiger partial charge in [-0.25, -0.2) is 4.79 Å². The van der Waals surface area contributed by atoms with Gasteiger partial charge in [0.25, 0.3) is 0 Å². The number of ether oxygens (including phenoxy) is 2. The maximum Gasteiger partial charge on any atom is 0.407 e. The Morgan fingerprint density at radius 1 is 0.639 bits per heavy atom. The van der Waals surface area contributed by atoms with Crippen molar-refractivity contribution in [3.05, 3.63) is 0 Å². The van der Waals surface area contributed by atoms with E-state index < -0.39 is 11.7 Å². The lowest BCUT2D eigenvalue weighted by Crippen LogP contribution is -2.33. The number of carbonyl (C=O) groups excluding carboxylic acids is 4. The third-order valence-electron chi connectivity index (χ3n) is 5.96. The summed E-state index contributed by atoms with van der Waals surface area (Å²) in [6.07, 6.45) is 6.94. The molecule has 3 amide bonds. The van der Waals surface area contributed by atoms with Gasteiger partial charge in [0.05, 0.1) is 13.0 Å². The van der Waals surface area contributed by atoms with Crippen molar-refractivity contribution in [2.45, 2.75) is 105 Å². The average molecular weight is 514 g/mol. The highest BCUT2D eigenvalue weighted by Crippen LogP contribution is 2.11. The van der Waals surface area contributed by atoms with Crippen molar-refractivity contribution < 1.29 is 28.7 Å². The Labute approximate surface area is 218 Å². The minimum atomic E-state index is -0.505. The molecule has 36 heavy (non-hydrogen) atoms. The van der Waals surface area contributed by atoms with E-state index in [1.165, 1.54) is 7.11 Å². The second-order valence-electron chi connectivity index (χ2n) is 10.7. The Bertz CT molecular complexity index is 662. The molecular formula is C27H51N3O6. The topological polar surface area (TPSA) is 123 Å².